The Labute approximate surface area is 83.9 Å². The zero-order chi connectivity index (χ0) is 9.38. The molecule has 3 rings (SSSR count). The first-order chi connectivity index (χ1) is 6.93. The molecule has 0 fully saturated rings. The third kappa shape index (κ3) is 1.15. The van der Waals surface area contributed by atoms with Crippen LogP contribution in [0.2, 0.25) is 0 Å². The van der Waals surface area contributed by atoms with Crippen LogP contribution in [0.5, 0.6) is 0 Å². The Bertz CT molecular complexity index is 460. The number of benzene rings is 2. The second-order valence-electron chi connectivity index (χ2n) is 3.85. The van der Waals surface area contributed by atoms with Crippen LogP contribution in [0.3, 0.4) is 0 Å². The molecule has 0 N–H and O–H groups in total. The molecule has 0 amide bonds. The van der Waals surface area contributed by atoms with Gasteiger partial charge in [0.25, 0.3) is 0 Å². The predicted octanol–water partition coefficient (Wildman–Crippen LogP) is 3.49. The first kappa shape index (κ1) is 7.81. The van der Waals surface area contributed by atoms with Crippen molar-refractivity contribution in [3.63, 3.8) is 0 Å². The summed E-state index contributed by atoms with van der Waals surface area (Å²) in [6.45, 7) is 0. The van der Waals surface area contributed by atoms with E-state index in [0.29, 0.717) is 0 Å². The molecule has 2 aromatic carbocycles. The molecule has 0 heteroatoms. The fraction of sp³-hybridized carbons (Fsp3) is 0.143. The summed E-state index contributed by atoms with van der Waals surface area (Å²) in [5, 5.41) is 2.73. The third-order valence-corrected chi connectivity index (χ3v) is 2.91. The lowest BCUT2D eigenvalue weighted by Crippen LogP contribution is -1.96. The van der Waals surface area contributed by atoms with E-state index in [1.54, 1.807) is 0 Å². The maximum atomic E-state index is 2.33. The van der Waals surface area contributed by atoms with E-state index < -0.39 is 0 Å². The van der Waals surface area contributed by atoms with Crippen LogP contribution in [0, 0.1) is 0 Å². The van der Waals surface area contributed by atoms with Gasteiger partial charge in [0.1, 0.15) is 0 Å². The Balaban J connectivity index is 2.30. The van der Waals surface area contributed by atoms with Gasteiger partial charge in [0.2, 0.25) is 0 Å². The summed E-state index contributed by atoms with van der Waals surface area (Å²) in [6.07, 6.45) is 6.72. The summed E-state index contributed by atoms with van der Waals surface area (Å²) in [7, 11) is 0. The molecular weight excluding hydrogens is 168 g/mol. The van der Waals surface area contributed by atoms with Crippen molar-refractivity contribution >= 4 is 10.8 Å². The number of hydrogen-bond donors (Lipinski definition) is 0. The van der Waals surface area contributed by atoms with E-state index in [1.165, 1.54) is 21.9 Å². The van der Waals surface area contributed by atoms with E-state index in [1.807, 2.05) is 0 Å². The van der Waals surface area contributed by atoms with Crippen molar-refractivity contribution in [3.05, 3.63) is 59.7 Å². The maximum absolute atomic E-state index is 2.33. The molecule has 1 aliphatic carbocycles. The molecule has 0 saturated heterocycles. The highest BCUT2D eigenvalue weighted by Gasteiger charge is 2.05. The highest BCUT2D eigenvalue weighted by molar-refractivity contribution is 5.84. The first-order valence-electron chi connectivity index (χ1n) is 5.09. The Morgan fingerprint density at radius 1 is 0.714 bits per heavy atom. The molecule has 0 nitrogen and oxygen atoms in total. The zero-order valence-electron chi connectivity index (χ0n) is 8.03. The standard InChI is InChI=1S/C14H12/c1-2-6-12-10-14-8-4-3-7-13(14)9-11(12)5-1/h1-6,9-10H,7-8H2. The van der Waals surface area contributed by atoms with Gasteiger partial charge in [0.15, 0.2) is 0 Å². The molecular formula is C14H12. The van der Waals surface area contributed by atoms with Crippen molar-refractivity contribution in [2.75, 3.05) is 0 Å². The van der Waals surface area contributed by atoms with Gasteiger partial charge >= 0.3 is 0 Å². The molecule has 0 heterocycles. The van der Waals surface area contributed by atoms with E-state index in [9.17, 15) is 0 Å². The molecule has 0 bridgehead atoms. The van der Waals surface area contributed by atoms with Gasteiger partial charge < -0.3 is 0 Å². The van der Waals surface area contributed by atoms with Crippen LogP contribution < -0.4 is 0 Å². The number of allylic oxidation sites excluding steroid dienone is 2. The molecule has 0 aromatic heterocycles. The highest BCUT2D eigenvalue weighted by Crippen LogP contribution is 2.23. The summed E-state index contributed by atoms with van der Waals surface area (Å²) < 4.78 is 0. The topological polar surface area (TPSA) is 0 Å². The van der Waals surface area contributed by atoms with Crippen molar-refractivity contribution in [1.82, 2.24) is 0 Å². The van der Waals surface area contributed by atoms with E-state index >= 15 is 0 Å². The van der Waals surface area contributed by atoms with Gasteiger partial charge in [-0.25, -0.2) is 0 Å². The van der Waals surface area contributed by atoms with Gasteiger partial charge in [0.05, 0.1) is 0 Å². The lowest BCUT2D eigenvalue weighted by atomic mass is 9.93. The first-order valence-corrected chi connectivity index (χ1v) is 5.09. The SMILES string of the molecule is C1=CCc2cc3ccccc3cc2C1. The van der Waals surface area contributed by atoms with Gasteiger partial charge in [-0.05, 0) is 34.7 Å². The van der Waals surface area contributed by atoms with E-state index in [-0.39, 0.29) is 0 Å². The lowest BCUT2D eigenvalue weighted by molar-refractivity contribution is 1.10. The smallest absolute Gasteiger partial charge is 0.00943 e. The van der Waals surface area contributed by atoms with Crippen LogP contribution in [-0.2, 0) is 12.8 Å². The quantitative estimate of drug-likeness (QED) is 0.544. The molecule has 0 saturated carbocycles. The Kier molecular flexibility index (Phi) is 1.66. The van der Waals surface area contributed by atoms with Gasteiger partial charge in [-0.2, -0.15) is 0 Å². The van der Waals surface area contributed by atoms with Crippen LogP contribution in [0.4, 0.5) is 0 Å². The van der Waals surface area contributed by atoms with Gasteiger partial charge in [0, 0.05) is 0 Å². The Morgan fingerprint density at radius 3 is 1.71 bits per heavy atom. The lowest BCUT2D eigenvalue weighted by Gasteiger charge is -2.12. The van der Waals surface area contributed by atoms with Crippen LogP contribution in [-0.4, -0.2) is 0 Å². The molecule has 68 valence electrons. The number of rotatable bonds is 0. The molecule has 14 heavy (non-hydrogen) atoms. The van der Waals surface area contributed by atoms with Crippen LogP contribution in [0.25, 0.3) is 10.8 Å². The molecule has 1 aliphatic rings. The summed E-state index contributed by atoms with van der Waals surface area (Å²) in [5.74, 6) is 0. The molecule has 0 atom stereocenters. The molecule has 0 aliphatic heterocycles. The largest absolute Gasteiger partial charge is 0.0838 e. The molecule has 0 radical (unpaired) electrons. The minimum absolute atomic E-state index is 1.10. The van der Waals surface area contributed by atoms with E-state index in [2.05, 4.69) is 48.6 Å². The summed E-state index contributed by atoms with van der Waals surface area (Å²) in [5.41, 5.74) is 2.98. The zero-order valence-corrected chi connectivity index (χ0v) is 8.03. The minimum atomic E-state index is 1.10. The van der Waals surface area contributed by atoms with Crippen molar-refractivity contribution in [3.8, 4) is 0 Å². The fourth-order valence-corrected chi connectivity index (χ4v) is 2.14. The van der Waals surface area contributed by atoms with Crippen molar-refractivity contribution in [2.24, 2.45) is 0 Å². The van der Waals surface area contributed by atoms with Gasteiger partial charge in [-0.15, -0.1) is 0 Å². The minimum Gasteiger partial charge on any atom is -0.0838 e. The summed E-state index contributed by atoms with van der Waals surface area (Å²) in [4.78, 5) is 0. The van der Waals surface area contributed by atoms with Gasteiger partial charge in [-0.3, -0.25) is 0 Å². The second-order valence-corrected chi connectivity index (χ2v) is 3.85. The molecule has 0 spiro atoms. The normalized spacial score (nSPS) is 14.3. The maximum Gasteiger partial charge on any atom is -0.00943 e. The molecule has 0 unspecified atom stereocenters. The van der Waals surface area contributed by atoms with Crippen molar-refractivity contribution in [2.45, 2.75) is 12.8 Å². The van der Waals surface area contributed by atoms with Crippen LogP contribution in [0.15, 0.2) is 48.6 Å². The average molecular weight is 180 g/mol. The molecule has 2 aromatic rings. The van der Waals surface area contributed by atoms with Crippen molar-refractivity contribution in [1.29, 1.82) is 0 Å². The Morgan fingerprint density at radius 2 is 1.21 bits per heavy atom. The predicted molar refractivity (Wildman–Crippen MR) is 60.5 cm³/mol. The Hall–Kier alpha value is -1.56. The third-order valence-electron chi connectivity index (χ3n) is 2.91. The summed E-state index contributed by atoms with van der Waals surface area (Å²) in [6, 6.07) is 13.2. The van der Waals surface area contributed by atoms with E-state index in [0.717, 1.165) is 12.8 Å². The average Bonchev–Trinajstić information content (AvgIpc) is 2.26. The number of fused-ring (bicyclic) bond motifs is 2. The highest BCUT2D eigenvalue weighted by atomic mass is 14.1. The second kappa shape index (κ2) is 2.98. The monoisotopic (exact) mass is 180 g/mol. The van der Waals surface area contributed by atoms with Crippen LogP contribution in [0.1, 0.15) is 11.1 Å². The van der Waals surface area contributed by atoms with Crippen molar-refractivity contribution < 1.29 is 0 Å². The van der Waals surface area contributed by atoms with Gasteiger partial charge in [-0.1, -0.05) is 48.6 Å². The number of hydrogen-bond acceptors (Lipinski definition) is 0. The summed E-state index contributed by atoms with van der Waals surface area (Å²) >= 11 is 0. The van der Waals surface area contributed by atoms with E-state index in [4.69, 9.17) is 0 Å². The fourth-order valence-electron chi connectivity index (χ4n) is 2.14. The van der Waals surface area contributed by atoms with Crippen LogP contribution >= 0.6 is 0 Å².